The zero-order chi connectivity index (χ0) is 14.3. The van der Waals surface area contributed by atoms with Gasteiger partial charge in [-0.1, -0.05) is 33.8 Å². The van der Waals surface area contributed by atoms with Gasteiger partial charge < -0.3 is 10.1 Å². The van der Waals surface area contributed by atoms with Crippen molar-refractivity contribution >= 4 is 0 Å². The van der Waals surface area contributed by atoms with E-state index < -0.39 is 0 Å². The first-order valence-corrected chi connectivity index (χ1v) is 6.98. The van der Waals surface area contributed by atoms with Gasteiger partial charge in [0, 0.05) is 18.7 Å². The van der Waals surface area contributed by atoms with Crippen LogP contribution < -0.4 is 5.32 Å². The molecule has 19 heavy (non-hydrogen) atoms. The average Bonchev–Trinajstić information content (AvgIpc) is 2.33. The first-order valence-electron chi connectivity index (χ1n) is 6.98. The van der Waals surface area contributed by atoms with Gasteiger partial charge >= 0.3 is 0 Å². The second-order valence-corrected chi connectivity index (χ2v) is 6.07. The minimum absolute atomic E-state index is 0.184. The van der Waals surface area contributed by atoms with Crippen molar-refractivity contribution in [1.29, 1.82) is 0 Å². The third-order valence-electron chi connectivity index (χ3n) is 2.94. The number of benzene rings is 1. The Morgan fingerprint density at radius 2 is 2.00 bits per heavy atom. The second kappa shape index (κ2) is 7.61. The van der Waals surface area contributed by atoms with Crippen molar-refractivity contribution < 1.29 is 9.13 Å². The zero-order valence-electron chi connectivity index (χ0n) is 12.6. The van der Waals surface area contributed by atoms with Crippen LogP contribution in [0.15, 0.2) is 18.2 Å². The molecule has 0 saturated heterocycles. The summed E-state index contributed by atoms with van der Waals surface area (Å²) in [7, 11) is 0. The van der Waals surface area contributed by atoms with E-state index in [4.69, 9.17) is 4.74 Å². The van der Waals surface area contributed by atoms with E-state index in [0.717, 1.165) is 25.1 Å². The molecule has 108 valence electrons. The summed E-state index contributed by atoms with van der Waals surface area (Å²) in [6.07, 6.45) is 0.978. The average molecular weight is 267 g/mol. The van der Waals surface area contributed by atoms with Gasteiger partial charge in [-0.15, -0.1) is 0 Å². The summed E-state index contributed by atoms with van der Waals surface area (Å²) in [5.74, 6) is -0.184. The highest BCUT2D eigenvalue weighted by Gasteiger charge is 2.10. The van der Waals surface area contributed by atoms with Gasteiger partial charge in [-0.3, -0.25) is 0 Å². The molecular weight excluding hydrogens is 241 g/mol. The van der Waals surface area contributed by atoms with Crippen molar-refractivity contribution in [3.63, 3.8) is 0 Å². The van der Waals surface area contributed by atoms with E-state index in [9.17, 15) is 4.39 Å². The van der Waals surface area contributed by atoms with Crippen LogP contribution in [0.3, 0.4) is 0 Å². The van der Waals surface area contributed by atoms with Gasteiger partial charge in [-0.25, -0.2) is 4.39 Å². The molecule has 0 unspecified atom stereocenters. The van der Waals surface area contributed by atoms with Crippen LogP contribution in [-0.2, 0) is 17.9 Å². The SMILES string of the molecule is CCNCc1ccc(F)c(COCCC(C)(C)C)c1. The van der Waals surface area contributed by atoms with Crippen LogP contribution in [0.2, 0.25) is 0 Å². The standard InChI is InChI=1S/C16H26FNO/c1-5-18-11-13-6-7-15(17)14(10-13)12-19-9-8-16(2,3)4/h6-7,10,18H,5,8-9,11-12H2,1-4H3. The maximum atomic E-state index is 13.7. The number of nitrogens with one attached hydrogen (secondary N) is 1. The molecule has 0 aliphatic carbocycles. The van der Waals surface area contributed by atoms with Gasteiger partial charge in [0.15, 0.2) is 0 Å². The smallest absolute Gasteiger partial charge is 0.128 e. The molecule has 0 spiro atoms. The predicted octanol–water partition coefficient (Wildman–Crippen LogP) is 3.89. The van der Waals surface area contributed by atoms with E-state index in [0.29, 0.717) is 18.8 Å². The van der Waals surface area contributed by atoms with E-state index in [-0.39, 0.29) is 11.2 Å². The molecule has 0 saturated carbocycles. The lowest BCUT2D eigenvalue weighted by atomic mass is 9.93. The van der Waals surface area contributed by atoms with Crippen LogP contribution in [0.25, 0.3) is 0 Å². The summed E-state index contributed by atoms with van der Waals surface area (Å²) in [6, 6.07) is 5.22. The summed E-state index contributed by atoms with van der Waals surface area (Å²) in [5.41, 5.74) is 1.99. The Balaban J connectivity index is 2.47. The second-order valence-electron chi connectivity index (χ2n) is 6.07. The number of rotatable bonds is 7. The van der Waals surface area contributed by atoms with E-state index in [1.54, 1.807) is 0 Å². The fraction of sp³-hybridized carbons (Fsp3) is 0.625. The molecule has 0 bridgehead atoms. The Morgan fingerprint density at radius 1 is 1.26 bits per heavy atom. The summed E-state index contributed by atoms with van der Waals surface area (Å²) in [5, 5.41) is 3.24. The molecule has 0 aromatic heterocycles. The van der Waals surface area contributed by atoms with E-state index in [1.807, 2.05) is 12.1 Å². The van der Waals surface area contributed by atoms with Crippen molar-refractivity contribution in [2.24, 2.45) is 5.41 Å². The van der Waals surface area contributed by atoms with Crippen molar-refractivity contribution in [3.8, 4) is 0 Å². The molecule has 0 heterocycles. The number of hydrogen-bond donors (Lipinski definition) is 1. The highest BCUT2D eigenvalue weighted by molar-refractivity contribution is 5.24. The van der Waals surface area contributed by atoms with Crippen LogP contribution >= 0.6 is 0 Å². The molecule has 0 atom stereocenters. The third-order valence-corrected chi connectivity index (χ3v) is 2.94. The van der Waals surface area contributed by atoms with E-state index in [2.05, 4.69) is 33.0 Å². The van der Waals surface area contributed by atoms with Crippen LogP contribution in [0.5, 0.6) is 0 Å². The molecule has 1 aromatic rings. The Kier molecular flexibility index (Phi) is 6.46. The fourth-order valence-electron chi connectivity index (χ4n) is 1.68. The maximum Gasteiger partial charge on any atom is 0.128 e. The van der Waals surface area contributed by atoms with Crippen LogP contribution in [-0.4, -0.2) is 13.2 Å². The number of hydrogen-bond acceptors (Lipinski definition) is 2. The number of ether oxygens (including phenoxy) is 1. The fourth-order valence-corrected chi connectivity index (χ4v) is 1.68. The van der Waals surface area contributed by atoms with Crippen LogP contribution in [0.4, 0.5) is 4.39 Å². The topological polar surface area (TPSA) is 21.3 Å². The van der Waals surface area contributed by atoms with Crippen LogP contribution in [0.1, 0.15) is 45.2 Å². The first-order chi connectivity index (χ1) is 8.92. The molecule has 1 rings (SSSR count). The molecule has 0 fully saturated rings. The first kappa shape index (κ1) is 16.1. The van der Waals surface area contributed by atoms with Gasteiger partial charge in [-0.2, -0.15) is 0 Å². The Hall–Kier alpha value is -0.930. The van der Waals surface area contributed by atoms with Gasteiger partial charge in [0.1, 0.15) is 5.82 Å². The quantitative estimate of drug-likeness (QED) is 0.757. The van der Waals surface area contributed by atoms with Gasteiger partial charge in [0.25, 0.3) is 0 Å². The molecule has 0 aliphatic heterocycles. The van der Waals surface area contributed by atoms with Crippen molar-refractivity contribution in [2.45, 2.75) is 47.3 Å². The molecule has 1 aromatic carbocycles. The zero-order valence-corrected chi connectivity index (χ0v) is 12.6. The predicted molar refractivity (Wildman–Crippen MR) is 77.5 cm³/mol. The Bertz CT molecular complexity index is 385. The summed E-state index contributed by atoms with van der Waals surface area (Å²) in [4.78, 5) is 0. The Morgan fingerprint density at radius 3 is 2.63 bits per heavy atom. The molecule has 1 N–H and O–H groups in total. The lowest BCUT2D eigenvalue weighted by Gasteiger charge is -2.17. The highest BCUT2D eigenvalue weighted by Crippen LogP contribution is 2.19. The normalized spacial score (nSPS) is 11.8. The summed E-state index contributed by atoms with van der Waals surface area (Å²) >= 11 is 0. The number of halogens is 1. The molecule has 0 aliphatic rings. The molecule has 2 nitrogen and oxygen atoms in total. The van der Waals surface area contributed by atoms with Crippen molar-refractivity contribution in [2.75, 3.05) is 13.2 Å². The molecular formula is C16H26FNO. The van der Waals surface area contributed by atoms with Crippen LogP contribution in [0, 0.1) is 11.2 Å². The molecule has 0 amide bonds. The Labute approximate surface area is 116 Å². The third kappa shape index (κ3) is 6.69. The van der Waals surface area contributed by atoms with E-state index >= 15 is 0 Å². The van der Waals surface area contributed by atoms with Crippen molar-refractivity contribution in [3.05, 3.63) is 35.1 Å². The summed E-state index contributed by atoms with van der Waals surface area (Å²) in [6.45, 7) is 11.3. The minimum atomic E-state index is -0.184. The van der Waals surface area contributed by atoms with E-state index in [1.165, 1.54) is 6.07 Å². The molecule has 3 heteroatoms. The largest absolute Gasteiger partial charge is 0.377 e. The summed E-state index contributed by atoms with van der Waals surface area (Å²) < 4.78 is 19.2. The van der Waals surface area contributed by atoms with Crippen molar-refractivity contribution in [1.82, 2.24) is 5.32 Å². The lowest BCUT2D eigenvalue weighted by molar-refractivity contribution is 0.0943. The monoisotopic (exact) mass is 267 g/mol. The highest BCUT2D eigenvalue weighted by atomic mass is 19.1. The van der Waals surface area contributed by atoms with Gasteiger partial charge in [0.2, 0.25) is 0 Å². The molecule has 0 radical (unpaired) electrons. The maximum absolute atomic E-state index is 13.7. The minimum Gasteiger partial charge on any atom is -0.377 e. The van der Waals surface area contributed by atoms with Gasteiger partial charge in [0.05, 0.1) is 6.61 Å². The van der Waals surface area contributed by atoms with Gasteiger partial charge in [-0.05, 0) is 36.1 Å². The lowest BCUT2D eigenvalue weighted by Crippen LogP contribution is -2.12.